The quantitative estimate of drug-likeness (QED) is 0.727. The molecular formula is C10H14N6. The van der Waals surface area contributed by atoms with Crippen LogP contribution in [0.15, 0.2) is 12.4 Å². The summed E-state index contributed by atoms with van der Waals surface area (Å²) in [4.78, 5) is 6.48. The molecule has 1 aliphatic heterocycles. The van der Waals surface area contributed by atoms with Crippen molar-refractivity contribution in [2.75, 3.05) is 18.0 Å². The molecule has 1 saturated heterocycles. The van der Waals surface area contributed by atoms with Crippen molar-refractivity contribution in [1.82, 2.24) is 19.6 Å². The number of hydrogen-bond donors (Lipinski definition) is 1. The summed E-state index contributed by atoms with van der Waals surface area (Å²) in [5.41, 5.74) is 6.68. The van der Waals surface area contributed by atoms with Crippen molar-refractivity contribution in [3.8, 4) is 0 Å². The van der Waals surface area contributed by atoms with Crippen LogP contribution in [0.3, 0.4) is 0 Å². The van der Waals surface area contributed by atoms with Crippen molar-refractivity contribution in [3.63, 3.8) is 0 Å². The second-order valence-corrected chi connectivity index (χ2v) is 4.70. The van der Waals surface area contributed by atoms with Gasteiger partial charge in [-0.3, -0.25) is 4.40 Å². The Kier molecular flexibility index (Phi) is 1.74. The van der Waals surface area contributed by atoms with E-state index in [2.05, 4.69) is 20.1 Å². The molecule has 0 aliphatic carbocycles. The van der Waals surface area contributed by atoms with Gasteiger partial charge in [0.05, 0.1) is 0 Å². The number of rotatable bonds is 1. The molecule has 84 valence electrons. The molecule has 0 saturated carbocycles. The summed E-state index contributed by atoms with van der Waals surface area (Å²) >= 11 is 0. The smallest absolute Gasteiger partial charge is 0.203 e. The third kappa shape index (κ3) is 1.26. The summed E-state index contributed by atoms with van der Waals surface area (Å²) < 4.78 is 1.94. The lowest BCUT2D eigenvalue weighted by Gasteiger charge is -2.45. The minimum atomic E-state index is -0.108. The van der Waals surface area contributed by atoms with Crippen LogP contribution in [0.4, 0.5) is 5.82 Å². The Morgan fingerprint density at radius 3 is 2.81 bits per heavy atom. The Hall–Kier alpha value is -1.69. The van der Waals surface area contributed by atoms with Gasteiger partial charge in [0.25, 0.3) is 0 Å². The Morgan fingerprint density at radius 1 is 1.38 bits per heavy atom. The molecule has 1 aliphatic rings. The van der Waals surface area contributed by atoms with E-state index in [1.165, 1.54) is 0 Å². The van der Waals surface area contributed by atoms with Gasteiger partial charge in [0, 0.05) is 31.0 Å². The lowest BCUT2D eigenvalue weighted by Crippen LogP contribution is -2.65. The third-order valence-corrected chi connectivity index (χ3v) is 2.88. The summed E-state index contributed by atoms with van der Waals surface area (Å²) in [6.45, 7) is 5.59. The largest absolute Gasteiger partial charge is 0.350 e. The fourth-order valence-electron chi connectivity index (χ4n) is 2.13. The summed E-state index contributed by atoms with van der Waals surface area (Å²) in [5, 5.41) is 8.19. The summed E-state index contributed by atoms with van der Waals surface area (Å²) in [5.74, 6) is 1.74. The minimum absolute atomic E-state index is 0.108. The second-order valence-electron chi connectivity index (χ2n) is 4.70. The number of nitrogens with two attached hydrogens (primary N) is 1. The lowest BCUT2D eigenvalue weighted by atomic mass is 9.94. The summed E-state index contributed by atoms with van der Waals surface area (Å²) in [6.07, 6.45) is 3.64. The maximum absolute atomic E-state index is 5.99. The Balaban J connectivity index is 2.05. The van der Waals surface area contributed by atoms with Gasteiger partial charge in [-0.25, -0.2) is 4.98 Å². The minimum Gasteiger partial charge on any atom is -0.350 e. The van der Waals surface area contributed by atoms with Crippen molar-refractivity contribution in [2.24, 2.45) is 5.73 Å². The molecule has 3 heterocycles. The van der Waals surface area contributed by atoms with Crippen LogP contribution in [0.5, 0.6) is 0 Å². The van der Waals surface area contributed by atoms with E-state index in [1.807, 2.05) is 24.4 Å². The van der Waals surface area contributed by atoms with E-state index in [4.69, 9.17) is 5.73 Å². The van der Waals surface area contributed by atoms with Crippen LogP contribution in [-0.4, -0.2) is 38.2 Å². The molecule has 0 atom stereocenters. The number of fused-ring (bicyclic) bond motifs is 1. The Bertz CT molecular complexity index is 535. The first-order valence-corrected chi connectivity index (χ1v) is 5.27. The van der Waals surface area contributed by atoms with Gasteiger partial charge in [-0.15, -0.1) is 10.2 Å². The molecule has 1 fully saturated rings. The molecule has 6 heteroatoms. The van der Waals surface area contributed by atoms with Gasteiger partial charge in [0.2, 0.25) is 5.65 Å². The van der Waals surface area contributed by atoms with Gasteiger partial charge in [-0.2, -0.15) is 0 Å². The molecular weight excluding hydrogens is 204 g/mol. The van der Waals surface area contributed by atoms with Gasteiger partial charge in [-0.1, -0.05) is 0 Å². The maximum Gasteiger partial charge on any atom is 0.203 e. The standard InChI is InChI=1S/C10H14N6/c1-7-13-14-9-8(12-3-4-16(7)9)15-5-10(2,11)6-15/h3-4H,5-6,11H2,1-2H3. The fraction of sp³-hybridized carbons (Fsp3) is 0.500. The molecule has 2 aromatic heterocycles. The molecule has 0 bridgehead atoms. The molecule has 0 spiro atoms. The zero-order chi connectivity index (χ0) is 11.3. The van der Waals surface area contributed by atoms with Gasteiger partial charge in [0.1, 0.15) is 5.82 Å². The van der Waals surface area contributed by atoms with Crippen molar-refractivity contribution in [1.29, 1.82) is 0 Å². The predicted molar refractivity (Wildman–Crippen MR) is 60.3 cm³/mol. The van der Waals surface area contributed by atoms with Crippen LogP contribution in [-0.2, 0) is 0 Å². The van der Waals surface area contributed by atoms with E-state index < -0.39 is 0 Å². The highest BCUT2D eigenvalue weighted by Gasteiger charge is 2.36. The lowest BCUT2D eigenvalue weighted by molar-refractivity contribution is 0.363. The monoisotopic (exact) mass is 218 g/mol. The zero-order valence-corrected chi connectivity index (χ0v) is 9.38. The van der Waals surface area contributed by atoms with Gasteiger partial charge in [0.15, 0.2) is 5.82 Å². The zero-order valence-electron chi connectivity index (χ0n) is 9.38. The molecule has 3 rings (SSSR count). The normalized spacial score (nSPS) is 18.8. The highest BCUT2D eigenvalue weighted by atomic mass is 15.3. The average molecular weight is 218 g/mol. The highest BCUT2D eigenvalue weighted by Crippen LogP contribution is 2.26. The second kappa shape index (κ2) is 2.91. The number of aryl methyl sites for hydroxylation is 1. The van der Waals surface area contributed by atoms with Crippen molar-refractivity contribution in [3.05, 3.63) is 18.2 Å². The SMILES string of the molecule is Cc1nnc2c(N3CC(C)(N)C3)nccn12. The molecule has 2 N–H and O–H groups in total. The predicted octanol–water partition coefficient (Wildman–Crippen LogP) is -0.0299. The topological polar surface area (TPSA) is 72.3 Å². The first kappa shape index (κ1) is 9.53. The van der Waals surface area contributed by atoms with E-state index in [1.54, 1.807) is 6.20 Å². The number of anilines is 1. The summed E-state index contributed by atoms with van der Waals surface area (Å²) in [6, 6.07) is 0. The third-order valence-electron chi connectivity index (χ3n) is 2.88. The molecule has 0 unspecified atom stereocenters. The van der Waals surface area contributed by atoms with E-state index in [9.17, 15) is 0 Å². The Morgan fingerprint density at radius 2 is 2.12 bits per heavy atom. The van der Waals surface area contributed by atoms with Gasteiger partial charge in [-0.05, 0) is 13.8 Å². The average Bonchev–Trinajstić information content (AvgIpc) is 2.57. The van der Waals surface area contributed by atoms with Gasteiger partial charge < -0.3 is 10.6 Å². The van der Waals surface area contributed by atoms with Crippen molar-refractivity contribution in [2.45, 2.75) is 19.4 Å². The number of aromatic nitrogens is 4. The van der Waals surface area contributed by atoms with E-state index >= 15 is 0 Å². The highest BCUT2D eigenvalue weighted by molar-refractivity contribution is 5.65. The van der Waals surface area contributed by atoms with Crippen LogP contribution in [0, 0.1) is 6.92 Å². The summed E-state index contributed by atoms with van der Waals surface area (Å²) in [7, 11) is 0. The van der Waals surface area contributed by atoms with Crippen LogP contribution in [0.25, 0.3) is 5.65 Å². The number of nitrogens with zero attached hydrogens (tertiary/aromatic N) is 5. The van der Waals surface area contributed by atoms with Crippen LogP contribution in [0.2, 0.25) is 0 Å². The van der Waals surface area contributed by atoms with Crippen LogP contribution in [0.1, 0.15) is 12.7 Å². The molecule has 16 heavy (non-hydrogen) atoms. The van der Waals surface area contributed by atoms with E-state index in [0.717, 1.165) is 30.4 Å². The van der Waals surface area contributed by atoms with E-state index in [0.29, 0.717) is 0 Å². The fourth-order valence-corrected chi connectivity index (χ4v) is 2.13. The molecule has 2 aromatic rings. The molecule has 0 aromatic carbocycles. The van der Waals surface area contributed by atoms with Crippen LogP contribution >= 0.6 is 0 Å². The van der Waals surface area contributed by atoms with Crippen molar-refractivity contribution < 1.29 is 0 Å². The van der Waals surface area contributed by atoms with Crippen molar-refractivity contribution >= 4 is 11.5 Å². The first-order chi connectivity index (χ1) is 7.57. The molecule has 0 radical (unpaired) electrons. The first-order valence-electron chi connectivity index (χ1n) is 5.27. The van der Waals surface area contributed by atoms with Gasteiger partial charge >= 0.3 is 0 Å². The van der Waals surface area contributed by atoms with E-state index in [-0.39, 0.29) is 5.54 Å². The molecule has 6 nitrogen and oxygen atoms in total. The van der Waals surface area contributed by atoms with Crippen LogP contribution < -0.4 is 10.6 Å². The number of hydrogen-bond acceptors (Lipinski definition) is 5. The molecule has 0 amide bonds. The Labute approximate surface area is 93.1 Å². The maximum atomic E-state index is 5.99.